The highest BCUT2D eigenvalue weighted by molar-refractivity contribution is 7.80. The molecule has 2 aromatic rings. The minimum absolute atomic E-state index is 0.277. The number of rotatable bonds is 4. The predicted molar refractivity (Wildman–Crippen MR) is 136 cm³/mol. The van der Waals surface area contributed by atoms with Crippen LogP contribution in [0, 0.1) is 0 Å². The Balaban J connectivity index is 1.39. The molecular weight excluding hydrogens is 485 g/mol. The Hall–Kier alpha value is -1.38. The number of hydrogen-bond acceptors (Lipinski definition) is 5. The molecule has 32 heavy (non-hydrogen) atoms. The van der Waals surface area contributed by atoms with Crippen molar-refractivity contribution in [3.05, 3.63) is 49.8 Å². The Morgan fingerprint density at radius 2 is 1.88 bits per heavy atom. The maximum absolute atomic E-state index is 12.6. The third-order valence-corrected chi connectivity index (χ3v) is 8.39. The first-order valence-corrected chi connectivity index (χ1v) is 12.9. The van der Waals surface area contributed by atoms with Crippen molar-refractivity contribution in [3.63, 3.8) is 0 Å². The Kier molecular flexibility index (Phi) is 7.95. The molecule has 0 bridgehead atoms. The monoisotopic (exact) mass is 511 g/mol. The van der Waals surface area contributed by atoms with E-state index in [1.807, 2.05) is 18.2 Å². The number of fused-ring (bicyclic) bond motifs is 1. The molecule has 2 heterocycles. The van der Waals surface area contributed by atoms with Gasteiger partial charge in [-0.15, -0.1) is 11.3 Å². The van der Waals surface area contributed by atoms with Crippen LogP contribution in [0.4, 0.5) is 5.00 Å². The molecule has 1 aromatic carbocycles. The number of carbonyl (C=O) groups is 1. The number of halogens is 2. The molecule has 0 amide bonds. The van der Waals surface area contributed by atoms with Crippen LogP contribution in [-0.2, 0) is 24.1 Å². The lowest BCUT2D eigenvalue weighted by Gasteiger charge is -2.36. The summed E-state index contributed by atoms with van der Waals surface area (Å²) in [6.45, 7) is 4.27. The van der Waals surface area contributed by atoms with Crippen molar-refractivity contribution in [1.82, 2.24) is 9.80 Å². The molecule has 172 valence electrons. The van der Waals surface area contributed by atoms with Crippen LogP contribution in [-0.4, -0.2) is 54.2 Å². The summed E-state index contributed by atoms with van der Waals surface area (Å²) in [5.41, 5.74) is 2.97. The van der Waals surface area contributed by atoms with Crippen molar-refractivity contribution in [2.24, 2.45) is 0 Å². The summed E-state index contributed by atoms with van der Waals surface area (Å²) in [4.78, 5) is 18.4. The van der Waals surface area contributed by atoms with Gasteiger partial charge >= 0.3 is 5.97 Å². The normalized spacial score (nSPS) is 16.9. The largest absolute Gasteiger partial charge is 0.465 e. The highest BCUT2D eigenvalue weighted by Gasteiger charge is 2.27. The first-order valence-electron chi connectivity index (χ1n) is 10.9. The van der Waals surface area contributed by atoms with Crippen LogP contribution in [0.5, 0.6) is 0 Å². The summed E-state index contributed by atoms with van der Waals surface area (Å²) >= 11 is 19.6. The van der Waals surface area contributed by atoms with Crippen molar-refractivity contribution < 1.29 is 9.53 Å². The Morgan fingerprint density at radius 1 is 1.12 bits per heavy atom. The Bertz CT molecular complexity index is 1000. The fourth-order valence-corrected chi connectivity index (χ4v) is 6.28. The van der Waals surface area contributed by atoms with E-state index >= 15 is 0 Å². The zero-order valence-corrected chi connectivity index (χ0v) is 21.2. The average molecular weight is 513 g/mol. The van der Waals surface area contributed by atoms with Crippen molar-refractivity contribution >= 4 is 62.8 Å². The number of esters is 1. The molecule has 1 saturated heterocycles. The van der Waals surface area contributed by atoms with Gasteiger partial charge in [-0.25, -0.2) is 4.79 Å². The molecular formula is C23H27Cl2N3O2S2. The maximum atomic E-state index is 12.6. The Morgan fingerprint density at radius 3 is 2.59 bits per heavy atom. The molecule has 0 saturated carbocycles. The van der Waals surface area contributed by atoms with E-state index in [9.17, 15) is 4.79 Å². The van der Waals surface area contributed by atoms with Crippen LogP contribution in [0.25, 0.3) is 0 Å². The lowest BCUT2D eigenvalue weighted by molar-refractivity contribution is 0.0601. The van der Waals surface area contributed by atoms with Crippen LogP contribution in [0.15, 0.2) is 18.2 Å². The molecule has 0 unspecified atom stereocenters. The van der Waals surface area contributed by atoms with Crippen LogP contribution in [0.1, 0.15) is 45.6 Å². The van der Waals surface area contributed by atoms with Gasteiger partial charge in [-0.2, -0.15) is 0 Å². The third-order valence-electron chi connectivity index (χ3n) is 6.08. The molecule has 2 aliphatic rings. The highest BCUT2D eigenvalue weighted by atomic mass is 35.5. The van der Waals surface area contributed by atoms with Gasteiger partial charge in [-0.1, -0.05) is 35.7 Å². The second-order valence-electron chi connectivity index (χ2n) is 8.20. The summed E-state index contributed by atoms with van der Waals surface area (Å²) in [6, 6.07) is 5.79. The fourth-order valence-electron chi connectivity index (χ4n) is 4.33. The molecule has 1 fully saturated rings. The number of methoxy groups -OCH3 is 1. The molecule has 1 aromatic heterocycles. The van der Waals surface area contributed by atoms with Gasteiger partial charge in [-0.05, 0) is 61.2 Å². The first kappa shape index (κ1) is 23.8. The minimum atomic E-state index is -0.277. The molecule has 1 aliphatic heterocycles. The van der Waals surface area contributed by atoms with E-state index in [1.54, 1.807) is 11.3 Å². The number of thiophene rings is 1. The number of piperazine rings is 1. The number of nitrogens with one attached hydrogen (secondary N) is 1. The molecule has 0 atom stereocenters. The van der Waals surface area contributed by atoms with Gasteiger partial charge in [0.15, 0.2) is 5.11 Å². The molecule has 1 aliphatic carbocycles. The number of anilines is 1. The van der Waals surface area contributed by atoms with Crippen LogP contribution < -0.4 is 5.32 Å². The summed E-state index contributed by atoms with van der Waals surface area (Å²) in [6.07, 6.45) is 5.43. The maximum Gasteiger partial charge on any atom is 0.341 e. The number of aryl methyl sites for hydroxylation is 1. The topological polar surface area (TPSA) is 44.8 Å². The SMILES string of the molecule is COC(=O)c1c(NC(=S)N2CCN(Cc3ccc(Cl)c(Cl)c3)CC2)sc2c1CCCCC2. The van der Waals surface area contributed by atoms with Gasteiger partial charge in [0.1, 0.15) is 5.00 Å². The van der Waals surface area contributed by atoms with Crippen LogP contribution in [0.2, 0.25) is 10.0 Å². The third kappa shape index (κ3) is 5.39. The number of thiocarbonyl (C=S) groups is 1. The van der Waals surface area contributed by atoms with Crippen molar-refractivity contribution in [1.29, 1.82) is 0 Å². The summed E-state index contributed by atoms with van der Waals surface area (Å²) in [5, 5.41) is 6.03. The number of hydrogen-bond donors (Lipinski definition) is 1. The second-order valence-corrected chi connectivity index (χ2v) is 10.5. The first-order chi connectivity index (χ1) is 15.5. The average Bonchev–Trinajstić information content (AvgIpc) is 2.96. The fraction of sp³-hybridized carbons (Fsp3) is 0.478. The standard InChI is InChI=1S/C23H27Cl2N3O2S2/c1-30-22(29)20-16-5-3-2-4-6-19(16)32-21(20)26-23(31)28-11-9-27(10-12-28)14-15-7-8-17(24)18(25)13-15/h7-8,13H,2-6,9-12,14H2,1H3,(H,26,31). The molecule has 0 spiro atoms. The van der Waals surface area contributed by atoms with Crippen molar-refractivity contribution in [2.45, 2.75) is 38.6 Å². The predicted octanol–water partition coefficient (Wildman–Crippen LogP) is 5.63. The van der Waals surface area contributed by atoms with E-state index < -0.39 is 0 Å². The number of ether oxygens (including phenoxy) is 1. The van der Waals surface area contributed by atoms with Crippen LogP contribution >= 0.6 is 46.8 Å². The van der Waals surface area contributed by atoms with Crippen molar-refractivity contribution in [3.8, 4) is 0 Å². The molecule has 4 rings (SSSR count). The lowest BCUT2D eigenvalue weighted by Crippen LogP contribution is -2.49. The van der Waals surface area contributed by atoms with Gasteiger partial charge in [0.25, 0.3) is 0 Å². The molecule has 5 nitrogen and oxygen atoms in total. The van der Waals surface area contributed by atoms with Gasteiger partial charge < -0.3 is 15.0 Å². The summed E-state index contributed by atoms with van der Waals surface area (Å²) < 4.78 is 5.10. The Labute approximate surface area is 208 Å². The summed E-state index contributed by atoms with van der Waals surface area (Å²) in [5.74, 6) is -0.277. The van der Waals surface area contributed by atoms with Crippen LogP contribution in [0.3, 0.4) is 0 Å². The number of nitrogens with zero attached hydrogens (tertiary/aromatic N) is 2. The lowest BCUT2D eigenvalue weighted by atomic mass is 10.1. The zero-order valence-electron chi connectivity index (χ0n) is 18.1. The van der Waals surface area contributed by atoms with Crippen molar-refractivity contribution in [2.75, 3.05) is 38.6 Å². The van der Waals surface area contributed by atoms with E-state index in [0.717, 1.165) is 68.1 Å². The van der Waals surface area contributed by atoms with Gasteiger partial charge in [0.2, 0.25) is 0 Å². The van der Waals surface area contributed by atoms with E-state index in [-0.39, 0.29) is 5.97 Å². The molecule has 9 heteroatoms. The van der Waals surface area contributed by atoms with E-state index in [2.05, 4.69) is 15.1 Å². The minimum Gasteiger partial charge on any atom is -0.465 e. The number of carbonyl (C=O) groups excluding carboxylic acids is 1. The summed E-state index contributed by atoms with van der Waals surface area (Å²) in [7, 11) is 1.44. The quantitative estimate of drug-likeness (QED) is 0.326. The second kappa shape index (κ2) is 10.7. The van der Waals surface area contributed by atoms with Gasteiger partial charge in [-0.3, -0.25) is 4.90 Å². The zero-order chi connectivity index (χ0) is 22.7. The smallest absolute Gasteiger partial charge is 0.341 e. The van der Waals surface area contributed by atoms with E-state index in [0.29, 0.717) is 20.7 Å². The molecule has 0 radical (unpaired) electrons. The van der Waals surface area contributed by atoms with E-state index in [1.165, 1.54) is 24.8 Å². The number of benzene rings is 1. The van der Waals surface area contributed by atoms with E-state index in [4.69, 9.17) is 40.2 Å². The highest BCUT2D eigenvalue weighted by Crippen LogP contribution is 2.38. The van der Waals surface area contributed by atoms with Gasteiger partial charge in [0.05, 0.1) is 22.7 Å². The molecule has 1 N–H and O–H groups in total. The van der Waals surface area contributed by atoms with Gasteiger partial charge in [0, 0.05) is 37.6 Å².